The first-order chi connectivity index (χ1) is 8.15. The number of aliphatic carboxylic acids is 1. The Morgan fingerprint density at radius 3 is 3.12 bits per heavy atom. The van der Waals surface area contributed by atoms with E-state index in [4.69, 9.17) is 9.84 Å². The molecule has 17 heavy (non-hydrogen) atoms. The molecule has 1 unspecified atom stereocenters. The number of carbonyl (C=O) groups excluding carboxylic acids is 1. The van der Waals surface area contributed by atoms with E-state index in [0.717, 1.165) is 6.42 Å². The largest absolute Gasteiger partial charge is 0.481 e. The van der Waals surface area contributed by atoms with E-state index in [-0.39, 0.29) is 18.2 Å². The molecule has 1 aromatic heterocycles. The zero-order valence-electron chi connectivity index (χ0n) is 9.01. The van der Waals surface area contributed by atoms with Crippen molar-refractivity contribution in [2.45, 2.75) is 12.8 Å². The SMILES string of the molecule is O=C(O)Cc1csc(NC(=O)C2CCOC2)n1. The van der Waals surface area contributed by atoms with Crippen molar-refractivity contribution in [2.24, 2.45) is 5.92 Å². The van der Waals surface area contributed by atoms with Crippen molar-refractivity contribution < 1.29 is 19.4 Å². The number of nitrogens with one attached hydrogen (secondary N) is 1. The van der Waals surface area contributed by atoms with Gasteiger partial charge in [0.2, 0.25) is 5.91 Å². The number of rotatable bonds is 4. The Hall–Kier alpha value is -1.47. The number of hydrogen-bond donors (Lipinski definition) is 2. The molecule has 1 aliphatic heterocycles. The highest BCUT2D eigenvalue weighted by Gasteiger charge is 2.24. The molecule has 0 aromatic carbocycles. The van der Waals surface area contributed by atoms with E-state index in [2.05, 4.69) is 10.3 Å². The van der Waals surface area contributed by atoms with E-state index in [1.807, 2.05) is 0 Å². The fraction of sp³-hybridized carbons (Fsp3) is 0.500. The third-order valence-electron chi connectivity index (χ3n) is 2.41. The number of nitrogens with zero attached hydrogens (tertiary/aromatic N) is 1. The summed E-state index contributed by atoms with van der Waals surface area (Å²) in [6, 6.07) is 0. The van der Waals surface area contributed by atoms with Crippen LogP contribution in [0.5, 0.6) is 0 Å². The van der Waals surface area contributed by atoms with E-state index in [1.54, 1.807) is 5.38 Å². The van der Waals surface area contributed by atoms with E-state index in [1.165, 1.54) is 11.3 Å². The maximum Gasteiger partial charge on any atom is 0.309 e. The molecular weight excluding hydrogens is 244 g/mol. The number of thiazole rings is 1. The van der Waals surface area contributed by atoms with Crippen molar-refractivity contribution in [1.82, 2.24) is 4.98 Å². The molecule has 2 N–H and O–H groups in total. The summed E-state index contributed by atoms with van der Waals surface area (Å²) in [4.78, 5) is 26.2. The number of aromatic nitrogens is 1. The van der Waals surface area contributed by atoms with Crippen LogP contribution in [0.15, 0.2) is 5.38 Å². The summed E-state index contributed by atoms with van der Waals surface area (Å²) in [6.45, 7) is 1.05. The average Bonchev–Trinajstić information content (AvgIpc) is 2.87. The molecule has 1 aliphatic rings. The first-order valence-electron chi connectivity index (χ1n) is 5.20. The molecule has 2 rings (SSSR count). The smallest absolute Gasteiger partial charge is 0.309 e. The van der Waals surface area contributed by atoms with Gasteiger partial charge in [-0.15, -0.1) is 11.3 Å². The summed E-state index contributed by atoms with van der Waals surface area (Å²) in [7, 11) is 0. The number of carboxylic acid groups (broad SMARTS) is 1. The number of anilines is 1. The molecule has 0 spiro atoms. The van der Waals surface area contributed by atoms with E-state index in [0.29, 0.717) is 24.0 Å². The lowest BCUT2D eigenvalue weighted by Gasteiger charge is -2.05. The van der Waals surface area contributed by atoms with E-state index < -0.39 is 5.97 Å². The Labute approximate surface area is 102 Å². The van der Waals surface area contributed by atoms with E-state index >= 15 is 0 Å². The highest BCUT2D eigenvalue weighted by molar-refractivity contribution is 7.13. The van der Waals surface area contributed by atoms with Crippen LogP contribution < -0.4 is 5.32 Å². The first-order valence-corrected chi connectivity index (χ1v) is 6.08. The van der Waals surface area contributed by atoms with Crippen LogP contribution in [-0.4, -0.2) is 35.2 Å². The molecule has 1 atom stereocenters. The lowest BCUT2D eigenvalue weighted by molar-refractivity contribution is -0.136. The van der Waals surface area contributed by atoms with Crippen molar-refractivity contribution in [3.63, 3.8) is 0 Å². The van der Waals surface area contributed by atoms with Gasteiger partial charge in [0.15, 0.2) is 5.13 Å². The van der Waals surface area contributed by atoms with Crippen LogP contribution in [0.25, 0.3) is 0 Å². The molecule has 2 heterocycles. The van der Waals surface area contributed by atoms with Gasteiger partial charge in [-0.05, 0) is 6.42 Å². The van der Waals surface area contributed by atoms with Gasteiger partial charge in [-0.25, -0.2) is 4.98 Å². The highest BCUT2D eigenvalue weighted by Crippen LogP contribution is 2.19. The minimum atomic E-state index is -0.933. The molecule has 1 fully saturated rings. The van der Waals surface area contributed by atoms with Crippen molar-refractivity contribution in [2.75, 3.05) is 18.5 Å². The fourth-order valence-corrected chi connectivity index (χ4v) is 2.26. The van der Waals surface area contributed by atoms with Crippen LogP contribution in [-0.2, 0) is 20.7 Å². The standard InChI is InChI=1S/C10H12N2O4S/c13-8(14)3-7-5-17-10(11-7)12-9(15)6-1-2-16-4-6/h5-6H,1-4H2,(H,13,14)(H,11,12,15). The topological polar surface area (TPSA) is 88.5 Å². The van der Waals surface area contributed by atoms with Gasteiger partial charge in [0.05, 0.1) is 24.6 Å². The molecule has 7 heteroatoms. The monoisotopic (exact) mass is 256 g/mol. The molecular formula is C10H12N2O4S. The Morgan fingerprint density at radius 1 is 1.65 bits per heavy atom. The lowest BCUT2D eigenvalue weighted by Crippen LogP contribution is -2.22. The van der Waals surface area contributed by atoms with Crippen molar-refractivity contribution >= 4 is 28.3 Å². The number of carbonyl (C=O) groups is 2. The van der Waals surface area contributed by atoms with Gasteiger partial charge in [0, 0.05) is 12.0 Å². The second kappa shape index (κ2) is 5.24. The third kappa shape index (κ3) is 3.24. The Kier molecular flexibility index (Phi) is 3.70. The second-order valence-corrected chi connectivity index (χ2v) is 4.62. The molecule has 0 saturated carbocycles. The minimum Gasteiger partial charge on any atom is -0.481 e. The van der Waals surface area contributed by atoms with Crippen LogP contribution in [0.4, 0.5) is 5.13 Å². The molecule has 1 aromatic rings. The highest BCUT2D eigenvalue weighted by atomic mass is 32.1. The van der Waals surface area contributed by atoms with Crippen molar-refractivity contribution in [3.8, 4) is 0 Å². The molecule has 0 aliphatic carbocycles. The predicted molar refractivity (Wildman–Crippen MR) is 61.0 cm³/mol. The maximum atomic E-state index is 11.7. The van der Waals surface area contributed by atoms with Crippen LogP contribution in [0.1, 0.15) is 12.1 Å². The van der Waals surface area contributed by atoms with Crippen LogP contribution >= 0.6 is 11.3 Å². The van der Waals surface area contributed by atoms with E-state index in [9.17, 15) is 9.59 Å². The van der Waals surface area contributed by atoms with Gasteiger partial charge >= 0.3 is 5.97 Å². The van der Waals surface area contributed by atoms with Crippen LogP contribution in [0.2, 0.25) is 0 Å². The summed E-state index contributed by atoms with van der Waals surface area (Å²) in [6.07, 6.45) is 0.595. The summed E-state index contributed by atoms with van der Waals surface area (Å²) in [5, 5.41) is 13.3. The van der Waals surface area contributed by atoms with Gasteiger partial charge < -0.3 is 15.2 Å². The second-order valence-electron chi connectivity index (χ2n) is 3.76. The molecule has 0 radical (unpaired) electrons. The summed E-state index contributed by atoms with van der Waals surface area (Å²) >= 11 is 1.23. The molecule has 1 amide bonds. The quantitative estimate of drug-likeness (QED) is 0.829. The number of hydrogen-bond acceptors (Lipinski definition) is 5. The molecule has 1 saturated heterocycles. The molecule has 6 nitrogen and oxygen atoms in total. The van der Waals surface area contributed by atoms with Gasteiger partial charge in [-0.2, -0.15) is 0 Å². The molecule has 0 bridgehead atoms. The fourth-order valence-electron chi connectivity index (χ4n) is 1.55. The third-order valence-corrected chi connectivity index (χ3v) is 3.22. The zero-order chi connectivity index (χ0) is 12.3. The average molecular weight is 256 g/mol. The van der Waals surface area contributed by atoms with Crippen molar-refractivity contribution in [1.29, 1.82) is 0 Å². The molecule has 92 valence electrons. The zero-order valence-corrected chi connectivity index (χ0v) is 9.83. The first kappa shape index (κ1) is 12.0. The summed E-state index contributed by atoms with van der Waals surface area (Å²) < 4.78 is 5.12. The van der Waals surface area contributed by atoms with Gasteiger partial charge in [0.1, 0.15) is 0 Å². The van der Waals surface area contributed by atoms with Gasteiger partial charge in [0.25, 0.3) is 0 Å². The number of ether oxygens (including phenoxy) is 1. The van der Waals surface area contributed by atoms with Crippen LogP contribution in [0.3, 0.4) is 0 Å². The number of carboxylic acids is 1. The Bertz CT molecular complexity index is 426. The van der Waals surface area contributed by atoms with Gasteiger partial charge in [-0.1, -0.05) is 0 Å². The summed E-state index contributed by atoms with van der Waals surface area (Å²) in [5.74, 6) is -1.17. The van der Waals surface area contributed by atoms with Crippen LogP contribution in [0, 0.1) is 5.92 Å². The van der Waals surface area contributed by atoms with Crippen molar-refractivity contribution in [3.05, 3.63) is 11.1 Å². The normalized spacial score (nSPS) is 19.2. The Morgan fingerprint density at radius 2 is 2.47 bits per heavy atom. The lowest BCUT2D eigenvalue weighted by atomic mass is 10.1. The summed E-state index contributed by atoms with van der Waals surface area (Å²) in [5.41, 5.74) is 0.459. The minimum absolute atomic E-state index is 0.112. The Balaban J connectivity index is 1.91. The maximum absolute atomic E-state index is 11.7. The van der Waals surface area contributed by atoms with Gasteiger partial charge in [-0.3, -0.25) is 9.59 Å². The number of amides is 1. The predicted octanol–water partition coefficient (Wildman–Crippen LogP) is 0.745.